The predicted octanol–water partition coefficient (Wildman–Crippen LogP) is -2.34. The van der Waals surface area contributed by atoms with E-state index in [1.807, 2.05) is 0 Å². The molecule has 0 aromatic rings. The number of aliphatic hydroxyl groups is 2. The van der Waals surface area contributed by atoms with Gasteiger partial charge in [0.2, 0.25) is 6.41 Å². The summed E-state index contributed by atoms with van der Waals surface area (Å²) in [5.74, 6) is 0. The van der Waals surface area contributed by atoms with Crippen molar-refractivity contribution in [3.63, 3.8) is 0 Å². The normalized spacial score (nSPS) is 7.50. The summed E-state index contributed by atoms with van der Waals surface area (Å²) < 4.78 is 0. The maximum absolute atomic E-state index is 9.34. The van der Waals surface area contributed by atoms with Crippen molar-refractivity contribution in [2.75, 3.05) is 26.3 Å². The highest BCUT2D eigenvalue weighted by Crippen LogP contribution is 1.44. The molecule has 1 amide bonds. The molecule has 0 saturated heterocycles. The number of amides is 1. The van der Waals surface area contributed by atoms with E-state index < -0.39 is 0 Å². The third-order valence-electron chi connectivity index (χ3n) is 0.469. The van der Waals surface area contributed by atoms with Crippen LogP contribution in [-0.2, 0) is 4.79 Å². The Kier molecular flexibility index (Phi) is 19.0. The maximum Gasteiger partial charge on any atom is 0.207 e. The van der Waals surface area contributed by atoms with Crippen molar-refractivity contribution < 1.29 is 15.0 Å². The molecule has 0 heterocycles. The number of rotatable bonds is 4. The van der Waals surface area contributed by atoms with Crippen LogP contribution in [-0.4, -0.2) is 42.9 Å². The Morgan fingerprint density at radius 3 is 2.00 bits per heavy atom. The first-order chi connectivity index (χ1) is 4.83. The second-order valence-corrected chi connectivity index (χ2v) is 1.31. The van der Waals surface area contributed by atoms with E-state index >= 15 is 0 Å². The van der Waals surface area contributed by atoms with Gasteiger partial charge in [-0.25, -0.2) is 0 Å². The van der Waals surface area contributed by atoms with Gasteiger partial charge >= 0.3 is 0 Å². The fourth-order valence-corrected chi connectivity index (χ4v) is 0.123. The van der Waals surface area contributed by atoms with Gasteiger partial charge in [-0.05, 0) is 0 Å². The van der Waals surface area contributed by atoms with Gasteiger partial charge in [0.25, 0.3) is 0 Å². The van der Waals surface area contributed by atoms with Crippen LogP contribution in [0.15, 0.2) is 0 Å². The molecule has 0 fully saturated rings. The first-order valence-corrected chi connectivity index (χ1v) is 2.92. The standard InChI is InChI=1S/C3H7NO2.C2H7NO/c5-2-1-4-3-6;3-1-2-4/h3,5H,1-2H2,(H,4,6);4H,1-3H2. The van der Waals surface area contributed by atoms with Gasteiger partial charge in [-0.3, -0.25) is 4.79 Å². The Bertz CT molecular complexity index is 58.9. The summed E-state index contributed by atoms with van der Waals surface area (Å²) in [7, 11) is 0. The summed E-state index contributed by atoms with van der Waals surface area (Å²) in [4.78, 5) is 9.34. The first kappa shape index (κ1) is 12.1. The van der Waals surface area contributed by atoms with Crippen LogP contribution in [0.5, 0.6) is 0 Å². The van der Waals surface area contributed by atoms with E-state index in [0.717, 1.165) is 0 Å². The second kappa shape index (κ2) is 15.8. The minimum atomic E-state index is 0.0126. The van der Waals surface area contributed by atoms with Crippen molar-refractivity contribution in [3.05, 3.63) is 0 Å². The molecule has 0 saturated carbocycles. The van der Waals surface area contributed by atoms with Gasteiger partial charge in [-0.1, -0.05) is 0 Å². The molecule has 0 spiro atoms. The lowest BCUT2D eigenvalue weighted by Gasteiger charge is -1.85. The van der Waals surface area contributed by atoms with Gasteiger partial charge in [0.05, 0.1) is 13.2 Å². The van der Waals surface area contributed by atoms with Crippen LogP contribution in [0.1, 0.15) is 0 Å². The monoisotopic (exact) mass is 150 g/mol. The lowest BCUT2D eigenvalue weighted by atomic mass is 10.7. The smallest absolute Gasteiger partial charge is 0.207 e. The second-order valence-electron chi connectivity index (χ2n) is 1.31. The van der Waals surface area contributed by atoms with Gasteiger partial charge in [-0.2, -0.15) is 0 Å². The van der Waals surface area contributed by atoms with Crippen molar-refractivity contribution >= 4 is 6.41 Å². The molecule has 0 aliphatic carbocycles. The molecule has 0 rings (SSSR count). The zero-order valence-corrected chi connectivity index (χ0v) is 5.79. The fourth-order valence-electron chi connectivity index (χ4n) is 0.123. The van der Waals surface area contributed by atoms with Crippen LogP contribution in [0.25, 0.3) is 0 Å². The Labute approximate surface area is 59.8 Å². The molecule has 5 heteroatoms. The largest absolute Gasteiger partial charge is 0.395 e. The van der Waals surface area contributed by atoms with Crippen molar-refractivity contribution in [1.29, 1.82) is 0 Å². The number of aliphatic hydroxyl groups excluding tert-OH is 2. The van der Waals surface area contributed by atoms with Crippen LogP contribution in [0.3, 0.4) is 0 Å². The van der Waals surface area contributed by atoms with E-state index in [1.165, 1.54) is 0 Å². The number of nitrogens with one attached hydrogen (secondary N) is 1. The highest BCUT2D eigenvalue weighted by Gasteiger charge is 1.70. The zero-order chi connectivity index (χ0) is 8.24. The van der Waals surface area contributed by atoms with Gasteiger partial charge in [0.15, 0.2) is 0 Å². The summed E-state index contributed by atoms with van der Waals surface area (Å²) in [5, 5.41) is 18.0. The highest BCUT2D eigenvalue weighted by atomic mass is 16.3. The van der Waals surface area contributed by atoms with Crippen molar-refractivity contribution in [2.45, 2.75) is 0 Å². The summed E-state index contributed by atoms with van der Waals surface area (Å²) in [6.07, 6.45) is 0.552. The molecule has 5 N–H and O–H groups in total. The number of carbonyl (C=O) groups excluding carboxylic acids is 1. The molecule has 0 radical (unpaired) electrons. The van der Waals surface area contributed by atoms with Crippen molar-refractivity contribution in [1.82, 2.24) is 5.32 Å². The molecule has 10 heavy (non-hydrogen) atoms. The molecular formula is C5H14N2O3. The molecule has 0 aliphatic heterocycles. The molecule has 0 aromatic heterocycles. The molecule has 62 valence electrons. The van der Waals surface area contributed by atoms with Gasteiger partial charge < -0.3 is 21.3 Å². The number of carbonyl (C=O) groups is 1. The van der Waals surface area contributed by atoms with Gasteiger partial charge in [0.1, 0.15) is 0 Å². The summed E-state index contributed by atoms with van der Waals surface area (Å²) in [6, 6.07) is 0. The SMILES string of the molecule is NCCO.O=CNCCO. The number of hydrogen-bond acceptors (Lipinski definition) is 4. The zero-order valence-electron chi connectivity index (χ0n) is 5.79. The van der Waals surface area contributed by atoms with Crippen LogP contribution in [0.2, 0.25) is 0 Å². The molecule has 0 unspecified atom stereocenters. The summed E-state index contributed by atoms with van der Waals surface area (Å²) in [6.45, 7) is 0.836. The van der Waals surface area contributed by atoms with E-state index in [-0.39, 0.29) is 13.2 Å². The molecule has 0 atom stereocenters. The van der Waals surface area contributed by atoms with E-state index in [9.17, 15) is 4.79 Å². The number of hydrogen-bond donors (Lipinski definition) is 4. The van der Waals surface area contributed by atoms with E-state index in [0.29, 0.717) is 19.5 Å². The molecule has 0 aromatic carbocycles. The molecule has 0 bridgehead atoms. The maximum atomic E-state index is 9.34. The first-order valence-electron chi connectivity index (χ1n) is 2.92. The fraction of sp³-hybridized carbons (Fsp3) is 0.800. The Morgan fingerprint density at radius 2 is 1.90 bits per heavy atom. The van der Waals surface area contributed by atoms with Crippen LogP contribution in [0, 0.1) is 0 Å². The quantitative estimate of drug-likeness (QED) is 0.267. The summed E-state index contributed by atoms with van der Waals surface area (Å²) >= 11 is 0. The van der Waals surface area contributed by atoms with Crippen LogP contribution >= 0.6 is 0 Å². The van der Waals surface area contributed by atoms with Crippen LogP contribution < -0.4 is 11.1 Å². The molecule has 5 nitrogen and oxygen atoms in total. The van der Waals surface area contributed by atoms with Gasteiger partial charge in [0, 0.05) is 13.1 Å². The van der Waals surface area contributed by atoms with E-state index in [2.05, 4.69) is 5.32 Å². The third kappa shape index (κ3) is 26.4. The predicted molar refractivity (Wildman–Crippen MR) is 37.3 cm³/mol. The van der Waals surface area contributed by atoms with E-state index in [1.54, 1.807) is 0 Å². The minimum absolute atomic E-state index is 0.0126. The van der Waals surface area contributed by atoms with E-state index in [4.69, 9.17) is 15.9 Å². The molecular weight excluding hydrogens is 136 g/mol. The topological polar surface area (TPSA) is 95.6 Å². The number of nitrogens with two attached hydrogens (primary N) is 1. The summed E-state index contributed by atoms with van der Waals surface area (Å²) in [5.41, 5.74) is 4.78. The highest BCUT2D eigenvalue weighted by molar-refractivity contribution is 5.45. The van der Waals surface area contributed by atoms with Gasteiger partial charge in [-0.15, -0.1) is 0 Å². The third-order valence-corrected chi connectivity index (χ3v) is 0.469. The lowest BCUT2D eigenvalue weighted by molar-refractivity contribution is -0.109. The average molecular weight is 150 g/mol. The Morgan fingerprint density at radius 1 is 1.40 bits per heavy atom. The van der Waals surface area contributed by atoms with Crippen molar-refractivity contribution in [3.8, 4) is 0 Å². The average Bonchev–Trinajstić information content (AvgIpc) is 2.01. The Balaban J connectivity index is 0. The molecule has 0 aliphatic rings. The minimum Gasteiger partial charge on any atom is -0.395 e. The lowest BCUT2D eigenvalue weighted by Crippen LogP contribution is -2.14. The Hall–Kier alpha value is -0.650. The van der Waals surface area contributed by atoms with Crippen LogP contribution in [0.4, 0.5) is 0 Å². The van der Waals surface area contributed by atoms with Crippen molar-refractivity contribution in [2.24, 2.45) is 5.73 Å².